The van der Waals surface area contributed by atoms with Gasteiger partial charge in [-0.1, -0.05) is 164 Å². The van der Waals surface area contributed by atoms with Gasteiger partial charge < -0.3 is 0 Å². The van der Waals surface area contributed by atoms with Gasteiger partial charge in [0.1, 0.15) is 0 Å². The van der Waals surface area contributed by atoms with Crippen LogP contribution in [0.3, 0.4) is 0 Å². The van der Waals surface area contributed by atoms with Gasteiger partial charge in [-0.25, -0.2) is 9.97 Å². The van der Waals surface area contributed by atoms with Crippen LogP contribution in [0.25, 0.3) is 55.2 Å². The average molecular weight is 639 g/mol. The van der Waals surface area contributed by atoms with Crippen LogP contribution in [0.15, 0.2) is 170 Å². The van der Waals surface area contributed by atoms with Crippen LogP contribution in [0, 0.1) is 0 Å². The summed E-state index contributed by atoms with van der Waals surface area (Å²) in [5.74, 6) is 0.753. The molecule has 0 fully saturated rings. The van der Waals surface area contributed by atoms with Crippen LogP contribution < -0.4 is 0 Å². The van der Waals surface area contributed by atoms with E-state index >= 15 is 0 Å². The number of fused-ring (bicyclic) bond motifs is 7. The summed E-state index contributed by atoms with van der Waals surface area (Å²) >= 11 is 0. The van der Waals surface area contributed by atoms with Crippen LogP contribution in [-0.4, -0.2) is 9.97 Å². The first-order valence-corrected chi connectivity index (χ1v) is 17.6. The van der Waals surface area contributed by atoms with Crippen molar-refractivity contribution in [1.29, 1.82) is 0 Å². The molecule has 1 heterocycles. The van der Waals surface area contributed by atoms with Crippen LogP contribution in [0.4, 0.5) is 0 Å². The van der Waals surface area contributed by atoms with Gasteiger partial charge in [-0.05, 0) is 91.4 Å². The minimum absolute atomic E-state index is 0.515. The zero-order chi connectivity index (χ0) is 33.1. The highest BCUT2D eigenvalue weighted by Gasteiger charge is 2.47. The van der Waals surface area contributed by atoms with E-state index in [9.17, 15) is 0 Å². The molecule has 0 aliphatic heterocycles. The topological polar surface area (TPSA) is 25.8 Å². The molecule has 50 heavy (non-hydrogen) atoms. The lowest BCUT2D eigenvalue weighted by Crippen LogP contribution is -2.28. The summed E-state index contributed by atoms with van der Waals surface area (Å²) in [5.41, 5.74) is 12.5. The summed E-state index contributed by atoms with van der Waals surface area (Å²) in [6, 6.07) is 49.3. The largest absolute Gasteiger partial charge is 0.228 e. The van der Waals surface area contributed by atoms with E-state index in [0.717, 1.165) is 47.6 Å². The van der Waals surface area contributed by atoms with Crippen molar-refractivity contribution < 1.29 is 0 Å². The highest BCUT2D eigenvalue weighted by molar-refractivity contribution is 6.12. The van der Waals surface area contributed by atoms with Crippen LogP contribution in [0.2, 0.25) is 0 Å². The van der Waals surface area contributed by atoms with Gasteiger partial charge in [0, 0.05) is 5.56 Å². The summed E-state index contributed by atoms with van der Waals surface area (Å²) in [6.07, 6.45) is 16.4. The maximum Gasteiger partial charge on any atom is 0.160 e. The van der Waals surface area contributed by atoms with E-state index in [-0.39, 0.29) is 0 Å². The third kappa shape index (κ3) is 4.35. The highest BCUT2D eigenvalue weighted by atomic mass is 14.9. The molecule has 7 aromatic rings. The Morgan fingerprint density at radius 1 is 0.500 bits per heavy atom. The van der Waals surface area contributed by atoms with E-state index in [2.05, 4.69) is 170 Å². The first-order valence-electron chi connectivity index (χ1n) is 17.6. The molecule has 0 amide bonds. The number of benzene rings is 6. The van der Waals surface area contributed by atoms with Gasteiger partial charge in [-0.2, -0.15) is 0 Å². The predicted octanol–water partition coefficient (Wildman–Crippen LogP) is 11.9. The van der Waals surface area contributed by atoms with Gasteiger partial charge in [0.15, 0.2) is 5.82 Å². The fourth-order valence-corrected chi connectivity index (χ4v) is 8.54. The Morgan fingerprint density at radius 3 is 2.02 bits per heavy atom. The van der Waals surface area contributed by atoms with Crippen LogP contribution in [0.1, 0.15) is 52.9 Å². The molecule has 3 aliphatic carbocycles. The second kappa shape index (κ2) is 11.5. The Labute approximate surface area is 292 Å². The first-order chi connectivity index (χ1) is 24.8. The van der Waals surface area contributed by atoms with Gasteiger partial charge in [0.05, 0.1) is 16.8 Å². The van der Waals surface area contributed by atoms with Crippen molar-refractivity contribution in [2.24, 2.45) is 0 Å². The lowest BCUT2D eigenvalue weighted by molar-refractivity contribution is 0.775. The second-order valence-electron chi connectivity index (χ2n) is 13.5. The Balaban J connectivity index is 1.21. The Hall–Kier alpha value is -6.12. The third-order valence-corrected chi connectivity index (χ3v) is 10.8. The maximum atomic E-state index is 5.16. The molecule has 0 N–H and O–H groups in total. The molecule has 236 valence electrons. The van der Waals surface area contributed by atoms with E-state index in [1.165, 1.54) is 60.5 Å². The van der Waals surface area contributed by atoms with E-state index in [1.807, 2.05) is 0 Å². The molecule has 1 unspecified atom stereocenters. The smallest absolute Gasteiger partial charge is 0.160 e. The first kappa shape index (κ1) is 28.9. The molecule has 1 atom stereocenters. The molecular weight excluding hydrogens is 605 g/mol. The fraction of sp³-hybridized carbons (Fsp3) is 0.0833. The number of hydrogen-bond donors (Lipinski definition) is 0. The Morgan fingerprint density at radius 2 is 1.22 bits per heavy atom. The van der Waals surface area contributed by atoms with Crippen molar-refractivity contribution >= 4 is 32.7 Å². The van der Waals surface area contributed by atoms with Crippen LogP contribution >= 0.6 is 0 Å². The quantitative estimate of drug-likeness (QED) is 0.175. The second-order valence-corrected chi connectivity index (χ2v) is 13.5. The lowest BCUT2D eigenvalue weighted by atomic mass is 9.66. The SMILES string of the molecule is C1=CC(c2cc(C3=CCCC=C3)nc(-c3ccc(C4(c5ccccc5)c5ccccc5-c5ccc6c(ccc7ccccc76)c54)cc3)n2)=CC1. The Kier molecular flexibility index (Phi) is 6.63. The van der Waals surface area contributed by atoms with Crippen LogP contribution in [0.5, 0.6) is 0 Å². The zero-order valence-corrected chi connectivity index (χ0v) is 27.7. The highest BCUT2D eigenvalue weighted by Crippen LogP contribution is 2.58. The molecule has 6 aromatic carbocycles. The van der Waals surface area contributed by atoms with Gasteiger partial charge in [0.25, 0.3) is 0 Å². The summed E-state index contributed by atoms with van der Waals surface area (Å²) in [5, 5.41) is 5.11. The zero-order valence-electron chi connectivity index (χ0n) is 27.7. The summed E-state index contributed by atoms with van der Waals surface area (Å²) < 4.78 is 0. The van der Waals surface area contributed by atoms with Crippen molar-refractivity contribution in [2.45, 2.75) is 24.7 Å². The van der Waals surface area contributed by atoms with Crippen molar-refractivity contribution in [3.8, 4) is 22.5 Å². The number of allylic oxidation sites excluding steroid dienone is 8. The molecule has 0 bridgehead atoms. The van der Waals surface area contributed by atoms with Crippen molar-refractivity contribution in [2.75, 3.05) is 0 Å². The third-order valence-electron chi connectivity index (χ3n) is 10.8. The molecule has 2 heteroatoms. The van der Waals surface area contributed by atoms with E-state index in [0.29, 0.717) is 0 Å². The molecular formula is C48H34N2. The van der Waals surface area contributed by atoms with Crippen molar-refractivity contribution in [3.63, 3.8) is 0 Å². The number of hydrogen-bond acceptors (Lipinski definition) is 2. The minimum atomic E-state index is -0.515. The monoisotopic (exact) mass is 638 g/mol. The van der Waals surface area contributed by atoms with Gasteiger partial charge in [0.2, 0.25) is 0 Å². The van der Waals surface area contributed by atoms with Crippen molar-refractivity contribution in [3.05, 3.63) is 204 Å². The summed E-state index contributed by atoms with van der Waals surface area (Å²) in [4.78, 5) is 10.3. The van der Waals surface area contributed by atoms with E-state index in [1.54, 1.807) is 0 Å². The van der Waals surface area contributed by atoms with Gasteiger partial charge >= 0.3 is 0 Å². The number of rotatable bonds is 5. The predicted molar refractivity (Wildman–Crippen MR) is 208 cm³/mol. The van der Waals surface area contributed by atoms with E-state index in [4.69, 9.17) is 9.97 Å². The van der Waals surface area contributed by atoms with Crippen LogP contribution in [-0.2, 0) is 5.41 Å². The normalized spacial score (nSPS) is 17.5. The number of aromatic nitrogens is 2. The molecule has 0 radical (unpaired) electrons. The Bertz CT molecular complexity index is 2600. The molecule has 0 saturated heterocycles. The average Bonchev–Trinajstić information content (AvgIpc) is 3.85. The molecule has 3 aliphatic rings. The summed E-state index contributed by atoms with van der Waals surface area (Å²) in [7, 11) is 0. The molecule has 10 rings (SSSR count). The lowest BCUT2D eigenvalue weighted by Gasteiger charge is -2.35. The molecule has 0 spiro atoms. The molecule has 2 nitrogen and oxygen atoms in total. The van der Waals surface area contributed by atoms with E-state index < -0.39 is 5.41 Å². The number of nitrogens with zero attached hydrogens (tertiary/aromatic N) is 2. The minimum Gasteiger partial charge on any atom is -0.228 e. The standard InChI is InChI=1S/C48H34N2/c1-3-14-33(15-4-1)44-31-45(34-16-7-8-17-34)50-47(49-44)35-23-26-37(27-24-35)48(36-18-5-2-6-19-36)43-22-12-11-21-40(43)42-30-29-39-38-20-10-9-13-32(38)25-28-41(39)46(42)48/h2-3,5-7,9-31H,1,4,8H2. The molecule has 1 aromatic heterocycles. The van der Waals surface area contributed by atoms with Crippen molar-refractivity contribution in [1.82, 2.24) is 9.97 Å². The van der Waals surface area contributed by atoms with Gasteiger partial charge in [-0.3, -0.25) is 0 Å². The maximum absolute atomic E-state index is 5.16. The fourth-order valence-electron chi connectivity index (χ4n) is 8.54. The summed E-state index contributed by atoms with van der Waals surface area (Å²) in [6.45, 7) is 0. The van der Waals surface area contributed by atoms with Gasteiger partial charge in [-0.15, -0.1) is 0 Å². The molecule has 0 saturated carbocycles.